The molecule has 4 aromatic rings. The number of carbonyl (C=O) groups is 1. The van der Waals surface area contributed by atoms with Gasteiger partial charge in [0.05, 0.1) is 11.1 Å². The van der Waals surface area contributed by atoms with Crippen molar-refractivity contribution in [2.45, 2.75) is 58.3 Å². The zero-order valence-electron chi connectivity index (χ0n) is 24.8. The summed E-state index contributed by atoms with van der Waals surface area (Å²) in [6, 6.07) is 13.3. The van der Waals surface area contributed by atoms with E-state index in [1.165, 1.54) is 6.92 Å². The Kier molecular flexibility index (Phi) is 7.79. The van der Waals surface area contributed by atoms with Crippen LogP contribution in [0.25, 0.3) is 21.9 Å². The van der Waals surface area contributed by atoms with Gasteiger partial charge in [-0.15, -0.1) is 0 Å². The number of halogens is 6. The molecule has 0 aromatic heterocycles. The Morgan fingerprint density at radius 1 is 0.844 bits per heavy atom. The van der Waals surface area contributed by atoms with Crippen molar-refractivity contribution in [3.05, 3.63) is 94.0 Å². The van der Waals surface area contributed by atoms with Gasteiger partial charge >= 0.3 is 12.4 Å². The molecule has 45 heavy (non-hydrogen) atoms. The number of amidine groups is 2. The SMILES string of the molecule is CC(=O)CCc1ccc(Oc2cc(C(C)(C)C)cc3cc4c(c(-c5cc(C(F)(F)F)cc(C(F)(F)F)c5)c23)C(N)=NC4=N)cc1. The van der Waals surface area contributed by atoms with Crippen LogP contribution in [-0.4, -0.2) is 17.5 Å². The van der Waals surface area contributed by atoms with Gasteiger partial charge in [0.1, 0.15) is 23.1 Å². The molecule has 5 nitrogen and oxygen atoms in total. The van der Waals surface area contributed by atoms with Gasteiger partial charge in [0.15, 0.2) is 5.84 Å². The van der Waals surface area contributed by atoms with Gasteiger partial charge in [0, 0.05) is 28.5 Å². The summed E-state index contributed by atoms with van der Waals surface area (Å²) in [6.45, 7) is 7.34. The average molecular weight is 626 g/mol. The smallest absolute Gasteiger partial charge is 0.416 e. The number of carbonyl (C=O) groups excluding carboxylic acids is 1. The Hall–Kier alpha value is -4.67. The summed E-state index contributed by atoms with van der Waals surface area (Å²) in [5, 5.41) is 9.02. The zero-order chi connectivity index (χ0) is 33.1. The number of nitrogens with zero attached hydrogens (tertiary/aromatic N) is 1. The number of fused-ring (bicyclic) bond motifs is 2. The van der Waals surface area contributed by atoms with Crippen LogP contribution in [0.15, 0.2) is 65.7 Å². The van der Waals surface area contributed by atoms with Gasteiger partial charge in [-0.3, -0.25) is 5.41 Å². The first-order valence-corrected chi connectivity index (χ1v) is 14.0. The molecule has 1 aliphatic rings. The Balaban J connectivity index is 1.84. The molecule has 1 aliphatic heterocycles. The lowest BCUT2D eigenvalue weighted by Crippen LogP contribution is -2.15. The summed E-state index contributed by atoms with van der Waals surface area (Å²) in [4.78, 5) is 15.4. The highest BCUT2D eigenvalue weighted by Crippen LogP contribution is 2.47. The maximum absolute atomic E-state index is 14.0. The van der Waals surface area contributed by atoms with E-state index in [0.717, 1.165) is 11.1 Å². The molecule has 0 atom stereocenters. The number of hydrogen-bond donors (Lipinski definition) is 2. The number of nitrogens with two attached hydrogens (primary N) is 1. The first-order chi connectivity index (χ1) is 20.8. The van der Waals surface area contributed by atoms with Crippen LogP contribution in [0.1, 0.15) is 67.5 Å². The number of nitrogens with one attached hydrogen (secondary N) is 1. The minimum Gasteiger partial charge on any atom is -0.457 e. The van der Waals surface area contributed by atoms with Crippen LogP contribution >= 0.6 is 0 Å². The van der Waals surface area contributed by atoms with Crippen molar-refractivity contribution in [2.75, 3.05) is 0 Å². The van der Waals surface area contributed by atoms with Gasteiger partial charge in [-0.25, -0.2) is 4.99 Å². The number of rotatable bonds is 6. The molecule has 0 fully saturated rings. The molecule has 3 N–H and O–H groups in total. The van der Waals surface area contributed by atoms with E-state index in [1.807, 2.05) is 20.8 Å². The van der Waals surface area contributed by atoms with E-state index >= 15 is 0 Å². The van der Waals surface area contributed by atoms with Crippen molar-refractivity contribution >= 4 is 28.2 Å². The summed E-state index contributed by atoms with van der Waals surface area (Å²) in [5.74, 6) is 0.0933. The van der Waals surface area contributed by atoms with Crippen LogP contribution in [0.3, 0.4) is 0 Å². The summed E-state index contributed by atoms with van der Waals surface area (Å²) in [5.41, 5.74) is 4.18. The van der Waals surface area contributed by atoms with E-state index in [2.05, 4.69) is 4.99 Å². The molecule has 0 spiro atoms. The van der Waals surface area contributed by atoms with Gasteiger partial charge in [-0.05, 0) is 83.3 Å². The largest absolute Gasteiger partial charge is 0.457 e. The normalized spacial score (nSPS) is 13.6. The van der Waals surface area contributed by atoms with Crippen LogP contribution in [-0.2, 0) is 29.0 Å². The third-order valence-corrected chi connectivity index (χ3v) is 7.60. The fourth-order valence-corrected chi connectivity index (χ4v) is 5.27. The first-order valence-electron chi connectivity index (χ1n) is 14.0. The molecular formula is C34H29F6N3O2. The molecule has 4 aromatic carbocycles. The van der Waals surface area contributed by atoms with Gasteiger partial charge in [0.2, 0.25) is 0 Å². The molecule has 0 unspecified atom stereocenters. The number of hydrogen-bond acceptors (Lipinski definition) is 4. The predicted octanol–water partition coefficient (Wildman–Crippen LogP) is 9.20. The molecule has 1 heterocycles. The molecule has 5 rings (SSSR count). The topological polar surface area (TPSA) is 88.5 Å². The fourth-order valence-electron chi connectivity index (χ4n) is 5.27. The third kappa shape index (κ3) is 6.43. The molecule has 11 heteroatoms. The highest BCUT2D eigenvalue weighted by molar-refractivity contribution is 6.27. The maximum atomic E-state index is 14.0. The minimum absolute atomic E-state index is 0.0417. The van der Waals surface area contributed by atoms with Gasteiger partial charge in [-0.2, -0.15) is 26.3 Å². The van der Waals surface area contributed by atoms with Crippen LogP contribution in [0, 0.1) is 5.41 Å². The van der Waals surface area contributed by atoms with Crippen LogP contribution in [0.2, 0.25) is 0 Å². The number of ketones is 1. The van der Waals surface area contributed by atoms with E-state index in [1.54, 1.807) is 42.5 Å². The Morgan fingerprint density at radius 2 is 1.44 bits per heavy atom. The summed E-state index contributed by atoms with van der Waals surface area (Å²) in [7, 11) is 0. The third-order valence-electron chi connectivity index (χ3n) is 7.60. The van der Waals surface area contributed by atoms with Crippen molar-refractivity contribution in [1.82, 2.24) is 0 Å². The molecule has 0 radical (unpaired) electrons. The molecule has 0 aliphatic carbocycles. The van der Waals surface area contributed by atoms with Gasteiger partial charge in [-0.1, -0.05) is 39.0 Å². The number of aliphatic imine (C=N–C) groups is 1. The van der Waals surface area contributed by atoms with Crippen molar-refractivity contribution < 1.29 is 35.9 Å². The van der Waals surface area contributed by atoms with E-state index in [0.29, 0.717) is 36.1 Å². The number of ether oxygens (including phenoxy) is 1. The van der Waals surface area contributed by atoms with Crippen LogP contribution < -0.4 is 10.5 Å². The van der Waals surface area contributed by atoms with Crippen molar-refractivity contribution in [2.24, 2.45) is 10.7 Å². The first kappa shape index (κ1) is 31.7. The fraction of sp³-hybridized carbons (Fsp3) is 0.265. The van der Waals surface area contributed by atoms with Crippen LogP contribution in [0.4, 0.5) is 26.3 Å². The average Bonchev–Trinajstić information content (AvgIpc) is 3.22. The summed E-state index contributed by atoms with van der Waals surface area (Å²) < 4.78 is 90.1. The standard InChI is InChI=1S/C34H29F6N3O2/c1-17(44)5-6-18-7-9-24(10-8-18)45-26-16-21(32(2,3)4)11-20-14-25-29(31(42)43-30(25)41)28(27(20)26)19-12-22(33(35,36)37)15-23(13-19)34(38,39)40/h7-16H,5-6H2,1-4H3,(H3,41,42,43). The summed E-state index contributed by atoms with van der Waals surface area (Å²) in [6.07, 6.45) is -9.28. The molecule has 0 bridgehead atoms. The lowest BCUT2D eigenvalue weighted by Gasteiger charge is -2.24. The zero-order valence-corrected chi connectivity index (χ0v) is 24.8. The molecular weight excluding hydrogens is 596 g/mol. The minimum atomic E-state index is -5.08. The maximum Gasteiger partial charge on any atom is 0.416 e. The number of aryl methyl sites for hydroxylation is 1. The molecule has 0 amide bonds. The highest BCUT2D eigenvalue weighted by Gasteiger charge is 2.38. The van der Waals surface area contributed by atoms with E-state index in [9.17, 15) is 31.1 Å². The van der Waals surface area contributed by atoms with E-state index in [-0.39, 0.29) is 51.3 Å². The Morgan fingerprint density at radius 3 is 1.98 bits per heavy atom. The van der Waals surface area contributed by atoms with Crippen molar-refractivity contribution in [3.63, 3.8) is 0 Å². The quantitative estimate of drug-likeness (QED) is 0.210. The summed E-state index contributed by atoms with van der Waals surface area (Å²) >= 11 is 0. The molecule has 0 saturated heterocycles. The second kappa shape index (κ2) is 11.0. The number of alkyl halides is 6. The number of benzene rings is 4. The van der Waals surface area contributed by atoms with E-state index < -0.39 is 34.5 Å². The number of Topliss-reactive ketones (excluding diaryl/α,β-unsaturated/α-hetero) is 1. The Bertz CT molecular complexity index is 1850. The monoisotopic (exact) mass is 625 g/mol. The lowest BCUT2D eigenvalue weighted by atomic mass is 9.82. The van der Waals surface area contributed by atoms with Crippen molar-refractivity contribution in [3.8, 4) is 22.6 Å². The highest BCUT2D eigenvalue weighted by atomic mass is 19.4. The second-order valence-electron chi connectivity index (χ2n) is 12.1. The predicted molar refractivity (Wildman–Crippen MR) is 161 cm³/mol. The Labute approximate surface area is 255 Å². The van der Waals surface area contributed by atoms with Gasteiger partial charge in [0.25, 0.3) is 0 Å². The van der Waals surface area contributed by atoms with E-state index in [4.69, 9.17) is 15.9 Å². The van der Waals surface area contributed by atoms with Crippen LogP contribution in [0.5, 0.6) is 11.5 Å². The molecule has 0 saturated carbocycles. The van der Waals surface area contributed by atoms with Gasteiger partial charge < -0.3 is 15.3 Å². The lowest BCUT2D eigenvalue weighted by molar-refractivity contribution is -0.143. The second-order valence-corrected chi connectivity index (χ2v) is 12.1. The van der Waals surface area contributed by atoms with Crippen molar-refractivity contribution in [1.29, 1.82) is 5.41 Å². The molecule has 234 valence electrons.